The predicted octanol–water partition coefficient (Wildman–Crippen LogP) is 0.764. The maximum Gasteiger partial charge on any atom is 0.236 e. The monoisotopic (exact) mass is 334 g/mol. The quantitative estimate of drug-likeness (QED) is 0.863. The maximum absolute atomic E-state index is 13.7. The number of benzene rings is 1. The number of halogens is 1. The van der Waals surface area contributed by atoms with Crippen molar-refractivity contribution in [2.45, 2.75) is 19.0 Å². The average Bonchev–Trinajstić information content (AvgIpc) is 3.06. The van der Waals surface area contributed by atoms with Crippen molar-refractivity contribution in [1.82, 2.24) is 20.0 Å². The largest absolute Gasteiger partial charge is 0.340 e. The van der Waals surface area contributed by atoms with Gasteiger partial charge in [0.05, 0.1) is 6.54 Å². The SMILES string of the molecule is CN(Cc1ccccc1F)C(=O)CN1CCC(N2CCNCC2)C1. The fraction of sp³-hybridized carbons (Fsp3) is 0.611. The van der Waals surface area contributed by atoms with Crippen molar-refractivity contribution in [3.8, 4) is 0 Å². The van der Waals surface area contributed by atoms with Crippen molar-refractivity contribution < 1.29 is 9.18 Å². The predicted molar refractivity (Wildman–Crippen MR) is 92.2 cm³/mol. The van der Waals surface area contributed by atoms with Gasteiger partial charge < -0.3 is 10.2 Å². The number of nitrogens with one attached hydrogen (secondary N) is 1. The minimum atomic E-state index is -0.253. The average molecular weight is 334 g/mol. The summed E-state index contributed by atoms with van der Waals surface area (Å²) in [6.07, 6.45) is 1.13. The number of likely N-dealkylation sites (tertiary alicyclic amines) is 1. The van der Waals surface area contributed by atoms with Crippen LogP contribution in [-0.2, 0) is 11.3 Å². The van der Waals surface area contributed by atoms with Gasteiger partial charge in [0.1, 0.15) is 5.82 Å². The second-order valence-corrected chi connectivity index (χ2v) is 6.80. The van der Waals surface area contributed by atoms with E-state index in [0.29, 0.717) is 24.7 Å². The second kappa shape index (κ2) is 8.05. The Labute approximate surface area is 143 Å². The van der Waals surface area contributed by atoms with E-state index < -0.39 is 0 Å². The molecule has 2 aliphatic rings. The molecule has 0 bridgehead atoms. The Morgan fingerprint density at radius 1 is 1.29 bits per heavy atom. The number of carbonyl (C=O) groups is 1. The summed E-state index contributed by atoms with van der Waals surface area (Å²) in [5.74, 6) is -0.198. The van der Waals surface area contributed by atoms with E-state index in [0.717, 1.165) is 45.7 Å². The first-order valence-corrected chi connectivity index (χ1v) is 8.78. The third kappa shape index (κ3) is 4.32. The molecule has 0 aliphatic carbocycles. The van der Waals surface area contributed by atoms with Crippen LogP contribution in [0.15, 0.2) is 24.3 Å². The number of rotatable bonds is 5. The zero-order valence-electron chi connectivity index (χ0n) is 14.4. The lowest BCUT2D eigenvalue weighted by Crippen LogP contribution is -2.49. The Morgan fingerprint density at radius 2 is 2.04 bits per heavy atom. The Kier molecular flexibility index (Phi) is 5.81. The van der Waals surface area contributed by atoms with Crippen LogP contribution >= 0.6 is 0 Å². The van der Waals surface area contributed by atoms with Crippen LogP contribution in [0.4, 0.5) is 4.39 Å². The molecule has 6 heteroatoms. The van der Waals surface area contributed by atoms with Crippen LogP contribution in [0.5, 0.6) is 0 Å². The second-order valence-electron chi connectivity index (χ2n) is 6.80. The highest BCUT2D eigenvalue weighted by Gasteiger charge is 2.29. The Balaban J connectivity index is 1.47. The summed E-state index contributed by atoms with van der Waals surface area (Å²) in [6.45, 7) is 6.97. The standard InChI is InChI=1S/C18H27FN4O/c1-21(12-15-4-2-3-5-17(15)19)18(24)14-22-9-6-16(13-22)23-10-7-20-8-11-23/h2-5,16,20H,6-14H2,1H3. The molecule has 1 unspecified atom stereocenters. The molecule has 5 nitrogen and oxygen atoms in total. The van der Waals surface area contributed by atoms with Gasteiger partial charge in [-0.1, -0.05) is 18.2 Å². The van der Waals surface area contributed by atoms with Gasteiger partial charge in [0.2, 0.25) is 5.91 Å². The molecule has 1 N–H and O–H groups in total. The van der Waals surface area contributed by atoms with Crippen molar-refractivity contribution >= 4 is 5.91 Å². The van der Waals surface area contributed by atoms with E-state index in [2.05, 4.69) is 15.1 Å². The minimum Gasteiger partial charge on any atom is -0.340 e. The summed E-state index contributed by atoms with van der Waals surface area (Å²) >= 11 is 0. The lowest BCUT2D eigenvalue weighted by atomic mass is 10.2. The van der Waals surface area contributed by atoms with Crippen LogP contribution in [0.3, 0.4) is 0 Å². The summed E-state index contributed by atoms with van der Waals surface area (Å²) in [7, 11) is 1.75. The van der Waals surface area contributed by atoms with Crippen LogP contribution in [0.1, 0.15) is 12.0 Å². The van der Waals surface area contributed by atoms with Crippen molar-refractivity contribution in [3.63, 3.8) is 0 Å². The van der Waals surface area contributed by atoms with Crippen LogP contribution in [-0.4, -0.2) is 79.5 Å². The van der Waals surface area contributed by atoms with Crippen LogP contribution in [0.25, 0.3) is 0 Å². The number of likely N-dealkylation sites (N-methyl/N-ethyl adjacent to an activating group) is 1. The molecule has 24 heavy (non-hydrogen) atoms. The summed E-state index contributed by atoms with van der Waals surface area (Å²) in [6, 6.07) is 7.20. The summed E-state index contributed by atoms with van der Waals surface area (Å²) in [5.41, 5.74) is 0.563. The summed E-state index contributed by atoms with van der Waals surface area (Å²) in [5, 5.41) is 3.38. The van der Waals surface area contributed by atoms with Gasteiger partial charge in [0.25, 0.3) is 0 Å². The molecule has 2 aliphatic heterocycles. The Hall–Kier alpha value is -1.50. The number of piperazine rings is 1. The van der Waals surface area contributed by atoms with E-state index in [1.807, 2.05) is 0 Å². The number of carbonyl (C=O) groups excluding carboxylic acids is 1. The summed E-state index contributed by atoms with van der Waals surface area (Å²) in [4.78, 5) is 18.8. The van der Waals surface area contributed by atoms with Gasteiger partial charge in [-0.25, -0.2) is 4.39 Å². The highest BCUT2D eigenvalue weighted by atomic mass is 19.1. The molecule has 1 aromatic rings. The lowest BCUT2D eigenvalue weighted by molar-refractivity contribution is -0.131. The van der Waals surface area contributed by atoms with Crippen molar-refractivity contribution in [1.29, 1.82) is 0 Å². The smallest absolute Gasteiger partial charge is 0.236 e. The molecule has 0 saturated carbocycles. The van der Waals surface area contributed by atoms with Gasteiger partial charge in [0.15, 0.2) is 0 Å². The highest BCUT2D eigenvalue weighted by molar-refractivity contribution is 5.78. The molecule has 0 aromatic heterocycles. The molecular formula is C18H27FN4O. The normalized spacial score (nSPS) is 22.7. The van der Waals surface area contributed by atoms with Gasteiger partial charge in [-0.2, -0.15) is 0 Å². The first-order chi connectivity index (χ1) is 11.6. The third-order valence-corrected chi connectivity index (χ3v) is 5.07. The van der Waals surface area contributed by atoms with Crippen molar-refractivity contribution in [2.24, 2.45) is 0 Å². The number of nitrogens with zero attached hydrogens (tertiary/aromatic N) is 3. The first-order valence-electron chi connectivity index (χ1n) is 8.78. The topological polar surface area (TPSA) is 38.8 Å². The van der Waals surface area contributed by atoms with Crippen molar-refractivity contribution in [3.05, 3.63) is 35.6 Å². The van der Waals surface area contributed by atoms with Gasteiger partial charge >= 0.3 is 0 Å². The summed E-state index contributed by atoms with van der Waals surface area (Å²) < 4.78 is 13.7. The zero-order chi connectivity index (χ0) is 16.9. The van der Waals surface area contributed by atoms with Gasteiger partial charge in [-0.05, 0) is 12.5 Å². The molecule has 0 radical (unpaired) electrons. The fourth-order valence-corrected chi connectivity index (χ4v) is 3.58. The van der Waals surface area contributed by atoms with Crippen molar-refractivity contribution in [2.75, 3.05) is 52.9 Å². The van der Waals surface area contributed by atoms with Crippen LogP contribution in [0, 0.1) is 5.82 Å². The van der Waals surface area contributed by atoms with E-state index in [-0.39, 0.29) is 11.7 Å². The number of hydrogen-bond donors (Lipinski definition) is 1. The minimum absolute atomic E-state index is 0.0548. The van der Waals surface area contributed by atoms with E-state index in [1.54, 1.807) is 30.1 Å². The highest BCUT2D eigenvalue weighted by Crippen LogP contribution is 2.16. The van der Waals surface area contributed by atoms with E-state index in [9.17, 15) is 9.18 Å². The molecule has 1 atom stereocenters. The molecule has 3 rings (SSSR count). The number of hydrogen-bond acceptors (Lipinski definition) is 4. The first kappa shape index (κ1) is 17.3. The molecule has 2 heterocycles. The molecule has 1 aromatic carbocycles. The van der Waals surface area contributed by atoms with E-state index in [1.165, 1.54) is 6.07 Å². The lowest BCUT2D eigenvalue weighted by Gasteiger charge is -2.32. The van der Waals surface area contributed by atoms with Gasteiger partial charge in [-0.3, -0.25) is 14.6 Å². The van der Waals surface area contributed by atoms with E-state index in [4.69, 9.17) is 0 Å². The molecule has 2 fully saturated rings. The molecular weight excluding hydrogens is 307 g/mol. The molecule has 2 saturated heterocycles. The Morgan fingerprint density at radius 3 is 2.79 bits per heavy atom. The van der Waals surface area contributed by atoms with Gasteiger partial charge in [-0.15, -0.1) is 0 Å². The third-order valence-electron chi connectivity index (χ3n) is 5.07. The van der Waals surface area contributed by atoms with Gasteiger partial charge in [0, 0.05) is 64.5 Å². The van der Waals surface area contributed by atoms with Crippen LogP contribution < -0.4 is 5.32 Å². The Bertz CT molecular complexity index is 562. The fourth-order valence-electron chi connectivity index (χ4n) is 3.58. The molecule has 132 valence electrons. The molecule has 0 spiro atoms. The zero-order valence-corrected chi connectivity index (χ0v) is 14.4. The van der Waals surface area contributed by atoms with E-state index >= 15 is 0 Å². The maximum atomic E-state index is 13.7. The van der Waals surface area contributed by atoms with Crippen LogP contribution in [0.2, 0.25) is 0 Å². The molecule has 1 amide bonds. The number of amides is 1.